The van der Waals surface area contributed by atoms with Gasteiger partial charge in [-0.05, 0) is 0 Å². The van der Waals surface area contributed by atoms with E-state index in [1.165, 1.54) is 0 Å². The molecule has 0 saturated heterocycles. The Morgan fingerprint density at radius 2 is 1.20 bits per heavy atom. The molecular weight excluding hydrogens is 163 g/mol. The third kappa shape index (κ3) is 30.0. The Morgan fingerprint density at radius 1 is 1.20 bits per heavy atom. The quantitative estimate of drug-likeness (QED) is 0.305. The van der Waals surface area contributed by atoms with Crippen molar-refractivity contribution in [3.8, 4) is 0 Å². The topological polar surface area (TPSA) is 0 Å². The molecule has 0 radical (unpaired) electrons. The van der Waals surface area contributed by atoms with Crippen LogP contribution in [0.4, 0.5) is 0 Å². The number of hydrogen-bond donors (Lipinski definition) is 2. The summed E-state index contributed by atoms with van der Waals surface area (Å²) < 4.78 is 0. The zero-order valence-electron chi connectivity index (χ0n) is 2.15. The standard InChI is InChI=1S/Cl2H2S2Si/c1-5(2,3)4/h3-4H. The summed E-state index contributed by atoms with van der Waals surface area (Å²) in [5.41, 5.74) is 0. The van der Waals surface area contributed by atoms with Crippen LogP contribution in [0.2, 0.25) is 0 Å². The van der Waals surface area contributed by atoms with Crippen molar-refractivity contribution < 1.29 is 0 Å². The van der Waals surface area contributed by atoms with Gasteiger partial charge in [0.2, 0.25) is 0 Å². The molecule has 5 heteroatoms. The van der Waals surface area contributed by atoms with E-state index in [0.29, 0.717) is 0 Å². The molecule has 32 valence electrons. The molecule has 0 atom stereocenters. The summed E-state index contributed by atoms with van der Waals surface area (Å²) in [6, 6.07) is 0. The molecule has 0 bridgehead atoms. The van der Waals surface area contributed by atoms with Gasteiger partial charge in [0.05, 0.1) is 0 Å². The lowest BCUT2D eigenvalue weighted by Gasteiger charge is -1.90. The molecule has 0 aliphatic heterocycles. The Labute approximate surface area is 51.4 Å². The van der Waals surface area contributed by atoms with E-state index in [9.17, 15) is 0 Å². The van der Waals surface area contributed by atoms with Crippen LogP contribution >= 0.6 is 46.3 Å². The summed E-state index contributed by atoms with van der Waals surface area (Å²) in [4.78, 5) is -2.28. The van der Waals surface area contributed by atoms with Crippen molar-refractivity contribution in [1.82, 2.24) is 0 Å². The van der Waals surface area contributed by atoms with Crippen LogP contribution in [0, 0.1) is 0 Å². The van der Waals surface area contributed by atoms with Crippen LogP contribution < -0.4 is 0 Å². The molecule has 0 aliphatic rings. The Bertz CT molecular complexity index is 23.1. The fraction of sp³-hybridized carbons (Fsp3) is 0. The molecule has 0 spiro atoms. The lowest BCUT2D eigenvalue weighted by Crippen LogP contribution is -1.92. The van der Waals surface area contributed by atoms with Crippen molar-refractivity contribution in [1.29, 1.82) is 0 Å². The lowest BCUT2D eigenvalue weighted by atomic mass is 27.4. The van der Waals surface area contributed by atoms with Crippen LogP contribution in [0.25, 0.3) is 0 Å². The van der Waals surface area contributed by atoms with Crippen LogP contribution in [-0.2, 0) is 0 Å². The first-order chi connectivity index (χ1) is 2.00. The summed E-state index contributed by atoms with van der Waals surface area (Å²) in [6.45, 7) is 0. The van der Waals surface area contributed by atoms with E-state index in [4.69, 9.17) is 22.2 Å². The number of hydrogen-bond acceptors (Lipinski definition) is 2. The molecule has 0 fully saturated rings. The summed E-state index contributed by atoms with van der Waals surface area (Å²) in [5.74, 6) is 0. The van der Waals surface area contributed by atoms with Crippen molar-refractivity contribution in [3.05, 3.63) is 0 Å². The summed E-state index contributed by atoms with van der Waals surface area (Å²) in [7, 11) is 0. The molecule has 0 aromatic carbocycles. The maximum Gasteiger partial charge on any atom is 0.363 e. The second-order valence-electron chi connectivity index (χ2n) is 0.509. The van der Waals surface area contributed by atoms with E-state index in [1.807, 2.05) is 0 Å². The first kappa shape index (κ1) is 6.50. The van der Waals surface area contributed by atoms with Crippen LogP contribution in [0.15, 0.2) is 0 Å². The van der Waals surface area contributed by atoms with Crippen molar-refractivity contribution in [2.24, 2.45) is 0 Å². The van der Waals surface area contributed by atoms with E-state index in [2.05, 4.69) is 24.2 Å². The minimum atomic E-state index is -2.28. The van der Waals surface area contributed by atoms with Gasteiger partial charge >= 0.3 is 4.99 Å². The van der Waals surface area contributed by atoms with Crippen molar-refractivity contribution in [2.75, 3.05) is 0 Å². The fourth-order valence-electron chi connectivity index (χ4n) is 0. The van der Waals surface area contributed by atoms with Gasteiger partial charge in [-0.1, -0.05) is 0 Å². The van der Waals surface area contributed by atoms with Gasteiger partial charge in [0, 0.05) is 0 Å². The normalized spacial score (nSPS) is 12.0. The minimum Gasteiger partial charge on any atom is -0.160 e. The SMILES string of the molecule is S[Si](S)(Cl)Cl. The molecule has 0 aromatic heterocycles. The highest BCUT2D eigenvalue weighted by Crippen LogP contribution is 2.21. The van der Waals surface area contributed by atoms with E-state index in [0.717, 1.165) is 0 Å². The highest BCUT2D eigenvalue weighted by atomic mass is 35.7. The van der Waals surface area contributed by atoms with Crippen molar-refractivity contribution in [3.63, 3.8) is 0 Å². The third-order valence-corrected chi connectivity index (χ3v) is 0. The highest BCUT2D eigenvalue weighted by molar-refractivity contribution is 8.56. The maximum absolute atomic E-state index is 5.16. The average Bonchev–Trinajstić information content (AvgIpc) is 0.722. The van der Waals surface area contributed by atoms with Gasteiger partial charge in [0.1, 0.15) is 0 Å². The molecule has 0 unspecified atom stereocenters. The zero-order chi connectivity index (χ0) is 4.50. The van der Waals surface area contributed by atoms with Crippen molar-refractivity contribution in [2.45, 2.75) is 0 Å². The van der Waals surface area contributed by atoms with Gasteiger partial charge < -0.3 is 0 Å². The van der Waals surface area contributed by atoms with Crippen LogP contribution in [0.3, 0.4) is 0 Å². The van der Waals surface area contributed by atoms with Gasteiger partial charge in [-0.2, -0.15) is 24.2 Å². The van der Waals surface area contributed by atoms with Crippen LogP contribution in [0.1, 0.15) is 0 Å². The van der Waals surface area contributed by atoms with Gasteiger partial charge in [0.25, 0.3) is 0 Å². The minimum absolute atomic E-state index is 2.28. The maximum atomic E-state index is 5.16. The molecule has 0 aromatic rings. The summed E-state index contributed by atoms with van der Waals surface area (Å²) in [6.07, 6.45) is 0. The van der Waals surface area contributed by atoms with Gasteiger partial charge in [0.15, 0.2) is 0 Å². The molecule has 0 N–H and O–H groups in total. The molecule has 5 heavy (non-hydrogen) atoms. The summed E-state index contributed by atoms with van der Waals surface area (Å²) in [5, 5.41) is 0. The second-order valence-corrected chi connectivity index (χ2v) is 13.8. The van der Waals surface area contributed by atoms with E-state index < -0.39 is 4.99 Å². The van der Waals surface area contributed by atoms with Gasteiger partial charge in [-0.3, -0.25) is 0 Å². The third-order valence-electron chi connectivity index (χ3n) is 0. The van der Waals surface area contributed by atoms with Crippen LogP contribution in [-0.4, -0.2) is 4.99 Å². The van der Waals surface area contributed by atoms with E-state index in [-0.39, 0.29) is 0 Å². The molecule has 0 saturated carbocycles. The number of thiol groups is 2. The van der Waals surface area contributed by atoms with Gasteiger partial charge in [-0.25, -0.2) is 0 Å². The second kappa shape index (κ2) is 1.98. The van der Waals surface area contributed by atoms with Crippen LogP contribution in [0.5, 0.6) is 0 Å². The highest BCUT2D eigenvalue weighted by Gasteiger charge is 2.13. The number of rotatable bonds is 0. The Balaban J connectivity index is 3.02. The molecule has 0 nitrogen and oxygen atoms in total. The first-order valence-electron chi connectivity index (χ1n) is 0.825. The molecular formula is H2Cl2S2Si. The summed E-state index contributed by atoms with van der Waals surface area (Å²) >= 11 is 17.6. The van der Waals surface area contributed by atoms with E-state index >= 15 is 0 Å². The average molecular weight is 165 g/mol. The molecule has 0 rings (SSSR count). The van der Waals surface area contributed by atoms with Crippen molar-refractivity contribution >= 4 is 51.3 Å². The molecule has 0 heterocycles. The van der Waals surface area contributed by atoms with E-state index in [1.54, 1.807) is 0 Å². The predicted octanol–water partition coefficient (Wildman–Crippen LogP) is 1.76. The molecule has 0 aliphatic carbocycles. The Morgan fingerprint density at radius 3 is 1.20 bits per heavy atom. The Kier molecular flexibility index (Phi) is 2.57. The Hall–Kier alpha value is 1.50. The largest absolute Gasteiger partial charge is 0.363 e. The predicted molar refractivity (Wildman–Crippen MR) is 35.4 cm³/mol. The fourth-order valence-corrected chi connectivity index (χ4v) is 0. The molecule has 0 amide bonds. The monoisotopic (exact) mass is 164 g/mol. The first-order valence-corrected chi connectivity index (χ1v) is 7.43. The zero-order valence-corrected chi connectivity index (χ0v) is 6.45. The smallest absolute Gasteiger partial charge is 0.160 e. The number of halogens is 2. The van der Waals surface area contributed by atoms with Gasteiger partial charge in [-0.15, -0.1) is 22.2 Å². The lowest BCUT2D eigenvalue weighted by molar-refractivity contribution is 4.07.